The van der Waals surface area contributed by atoms with Gasteiger partial charge in [-0.05, 0) is 36.2 Å². The third kappa shape index (κ3) is 2.68. The van der Waals surface area contributed by atoms with Crippen LogP contribution in [0.5, 0.6) is 0 Å². The van der Waals surface area contributed by atoms with E-state index in [-0.39, 0.29) is 0 Å². The monoisotopic (exact) mass is 233 g/mol. The lowest BCUT2D eigenvalue weighted by molar-refractivity contribution is 0.530. The van der Waals surface area contributed by atoms with Crippen molar-refractivity contribution in [1.82, 2.24) is 0 Å². The van der Waals surface area contributed by atoms with Gasteiger partial charge in [-0.1, -0.05) is 12.1 Å². The summed E-state index contributed by atoms with van der Waals surface area (Å²) in [6.45, 7) is 2.68. The summed E-state index contributed by atoms with van der Waals surface area (Å²) in [5.41, 5.74) is 8.17. The van der Waals surface area contributed by atoms with E-state index >= 15 is 0 Å². The number of benzene rings is 1. The summed E-state index contributed by atoms with van der Waals surface area (Å²) in [5, 5.41) is 0. The fraction of sp³-hybridized carbons (Fsp3) is 0.231. The van der Waals surface area contributed by atoms with Gasteiger partial charge in [0, 0.05) is 11.4 Å². The summed E-state index contributed by atoms with van der Waals surface area (Å²) < 4.78 is 5.31. The molecule has 0 fully saturated rings. The third-order valence-corrected chi connectivity index (χ3v) is 3.51. The van der Waals surface area contributed by atoms with Crippen LogP contribution in [0.1, 0.15) is 16.9 Å². The molecule has 0 saturated heterocycles. The maximum Gasteiger partial charge on any atom is 0.113 e. The van der Waals surface area contributed by atoms with Crippen LogP contribution in [0.15, 0.2) is 45.9 Å². The Morgan fingerprint density at radius 2 is 2.19 bits per heavy atom. The van der Waals surface area contributed by atoms with E-state index in [0.717, 1.165) is 11.5 Å². The number of hydrogen-bond donors (Lipinski definition) is 1. The highest BCUT2D eigenvalue weighted by atomic mass is 32.2. The molecule has 16 heavy (non-hydrogen) atoms. The second-order valence-electron chi connectivity index (χ2n) is 3.68. The topological polar surface area (TPSA) is 39.2 Å². The maximum atomic E-state index is 5.71. The summed E-state index contributed by atoms with van der Waals surface area (Å²) in [4.78, 5) is 1.25. The summed E-state index contributed by atoms with van der Waals surface area (Å²) in [6.07, 6.45) is 1.70. The molecule has 2 aromatic rings. The largest absolute Gasteiger partial charge is 0.468 e. The minimum absolute atomic E-state index is 0.584. The normalized spacial score (nSPS) is 10.6. The van der Waals surface area contributed by atoms with Crippen LogP contribution in [0, 0.1) is 6.92 Å². The van der Waals surface area contributed by atoms with Crippen LogP contribution in [0.3, 0.4) is 0 Å². The maximum absolute atomic E-state index is 5.71. The Bertz CT molecular complexity index is 451. The fourth-order valence-electron chi connectivity index (χ4n) is 1.51. The van der Waals surface area contributed by atoms with Crippen molar-refractivity contribution in [2.75, 3.05) is 0 Å². The van der Waals surface area contributed by atoms with Gasteiger partial charge in [0.2, 0.25) is 0 Å². The first-order valence-corrected chi connectivity index (χ1v) is 6.23. The Morgan fingerprint density at radius 1 is 1.31 bits per heavy atom. The Kier molecular flexibility index (Phi) is 3.70. The lowest BCUT2D eigenvalue weighted by Crippen LogP contribution is -1.98. The molecule has 0 spiro atoms. The van der Waals surface area contributed by atoms with Crippen molar-refractivity contribution in [2.24, 2.45) is 5.73 Å². The summed E-state index contributed by atoms with van der Waals surface area (Å²) >= 11 is 1.77. The SMILES string of the molecule is Cc1ccc(CN)c(SCc2ccco2)c1. The third-order valence-electron chi connectivity index (χ3n) is 2.39. The highest BCUT2D eigenvalue weighted by Crippen LogP contribution is 2.27. The molecule has 0 aliphatic carbocycles. The molecular formula is C13H15NOS. The molecule has 1 heterocycles. The van der Waals surface area contributed by atoms with Gasteiger partial charge in [-0.25, -0.2) is 0 Å². The molecule has 2 N–H and O–H groups in total. The highest BCUT2D eigenvalue weighted by Gasteiger charge is 2.04. The number of thioether (sulfide) groups is 1. The first-order chi connectivity index (χ1) is 7.79. The van der Waals surface area contributed by atoms with E-state index < -0.39 is 0 Å². The average molecular weight is 233 g/mol. The Balaban J connectivity index is 2.11. The first-order valence-electron chi connectivity index (χ1n) is 5.24. The number of furan rings is 1. The molecule has 84 valence electrons. The van der Waals surface area contributed by atoms with E-state index in [0.29, 0.717) is 6.54 Å². The predicted octanol–water partition coefficient (Wildman–Crippen LogP) is 3.34. The molecule has 0 aliphatic rings. The molecule has 0 saturated carbocycles. The van der Waals surface area contributed by atoms with Gasteiger partial charge >= 0.3 is 0 Å². The molecule has 2 nitrogen and oxygen atoms in total. The van der Waals surface area contributed by atoms with Gasteiger partial charge in [0.15, 0.2) is 0 Å². The van der Waals surface area contributed by atoms with E-state index in [1.807, 2.05) is 12.1 Å². The van der Waals surface area contributed by atoms with Crippen molar-refractivity contribution in [3.05, 3.63) is 53.5 Å². The van der Waals surface area contributed by atoms with Crippen LogP contribution in [-0.2, 0) is 12.3 Å². The molecule has 0 aliphatic heterocycles. The van der Waals surface area contributed by atoms with E-state index in [4.69, 9.17) is 10.2 Å². The Labute approximate surface area is 99.8 Å². The minimum atomic E-state index is 0.584. The molecule has 0 unspecified atom stereocenters. The Hall–Kier alpha value is -1.19. The van der Waals surface area contributed by atoms with Crippen molar-refractivity contribution in [3.8, 4) is 0 Å². The van der Waals surface area contributed by atoms with E-state index in [2.05, 4.69) is 25.1 Å². The predicted molar refractivity (Wildman–Crippen MR) is 67.3 cm³/mol. The lowest BCUT2D eigenvalue weighted by Gasteiger charge is -2.07. The molecule has 1 aromatic heterocycles. The van der Waals surface area contributed by atoms with Crippen molar-refractivity contribution in [1.29, 1.82) is 0 Å². The van der Waals surface area contributed by atoms with E-state index in [9.17, 15) is 0 Å². The molecule has 0 bridgehead atoms. The van der Waals surface area contributed by atoms with Crippen molar-refractivity contribution in [3.63, 3.8) is 0 Å². The van der Waals surface area contributed by atoms with Gasteiger partial charge in [0.05, 0.1) is 12.0 Å². The van der Waals surface area contributed by atoms with Crippen LogP contribution in [0.2, 0.25) is 0 Å². The molecule has 0 radical (unpaired) electrons. The van der Waals surface area contributed by atoms with Crippen molar-refractivity contribution >= 4 is 11.8 Å². The highest BCUT2D eigenvalue weighted by molar-refractivity contribution is 7.98. The number of aryl methyl sites for hydroxylation is 1. The quantitative estimate of drug-likeness (QED) is 0.823. The van der Waals surface area contributed by atoms with Crippen LogP contribution >= 0.6 is 11.8 Å². The second-order valence-corrected chi connectivity index (χ2v) is 4.70. The fourth-order valence-corrected chi connectivity index (χ4v) is 2.58. The smallest absolute Gasteiger partial charge is 0.113 e. The number of hydrogen-bond acceptors (Lipinski definition) is 3. The van der Waals surface area contributed by atoms with E-state index in [1.165, 1.54) is 16.0 Å². The van der Waals surface area contributed by atoms with Gasteiger partial charge in [-0.3, -0.25) is 0 Å². The van der Waals surface area contributed by atoms with Gasteiger partial charge in [-0.15, -0.1) is 11.8 Å². The zero-order chi connectivity index (χ0) is 11.4. The minimum Gasteiger partial charge on any atom is -0.468 e. The molecule has 2 rings (SSSR count). The van der Waals surface area contributed by atoms with Gasteiger partial charge < -0.3 is 10.2 Å². The van der Waals surface area contributed by atoms with Gasteiger partial charge in [0.1, 0.15) is 5.76 Å². The zero-order valence-electron chi connectivity index (χ0n) is 9.27. The van der Waals surface area contributed by atoms with Crippen molar-refractivity contribution < 1.29 is 4.42 Å². The first kappa shape index (κ1) is 11.3. The Morgan fingerprint density at radius 3 is 2.88 bits per heavy atom. The summed E-state index contributed by atoms with van der Waals surface area (Å²) in [6, 6.07) is 10.3. The van der Waals surface area contributed by atoms with E-state index in [1.54, 1.807) is 18.0 Å². The molecule has 1 aromatic carbocycles. The van der Waals surface area contributed by atoms with Gasteiger partial charge in [-0.2, -0.15) is 0 Å². The van der Waals surface area contributed by atoms with Gasteiger partial charge in [0.25, 0.3) is 0 Å². The lowest BCUT2D eigenvalue weighted by atomic mass is 10.1. The molecule has 3 heteroatoms. The molecule has 0 atom stereocenters. The number of nitrogens with two attached hydrogens (primary N) is 1. The second kappa shape index (κ2) is 5.23. The van der Waals surface area contributed by atoms with Crippen LogP contribution in [0.25, 0.3) is 0 Å². The average Bonchev–Trinajstić information content (AvgIpc) is 2.79. The summed E-state index contributed by atoms with van der Waals surface area (Å²) in [7, 11) is 0. The van der Waals surface area contributed by atoms with Crippen LogP contribution in [0.4, 0.5) is 0 Å². The zero-order valence-corrected chi connectivity index (χ0v) is 10.1. The van der Waals surface area contributed by atoms with Crippen LogP contribution in [-0.4, -0.2) is 0 Å². The standard InChI is InChI=1S/C13H15NOS/c1-10-4-5-11(8-14)13(7-10)16-9-12-3-2-6-15-12/h2-7H,8-9,14H2,1H3. The van der Waals surface area contributed by atoms with Crippen LogP contribution < -0.4 is 5.73 Å². The van der Waals surface area contributed by atoms with Crippen molar-refractivity contribution in [2.45, 2.75) is 24.1 Å². The molecular weight excluding hydrogens is 218 g/mol. The molecule has 0 amide bonds. The summed E-state index contributed by atoms with van der Waals surface area (Å²) in [5.74, 6) is 1.85. The number of rotatable bonds is 4.